The molecule has 0 saturated carbocycles. The molecule has 3 rings (SSSR count). The van der Waals surface area contributed by atoms with Gasteiger partial charge in [0, 0.05) is 29.1 Å². The molecule has 0 fully saturated rings. The van der Waals surface area contributed by atoms with Crippen LogP contribution in [0.4, 0.5) is 13.2 Å². The zero-order valence-electron chi connectivity index (χ0n) is 13.8. The number of amides is 1. The molecule has 0 atom stereocenters. The second kappa shape index (κ2) is 7.79. The van der Waals surface area contributed by atoms with Gasteiger partial charge in [-0.2, -0.15) is 18.2 Å². The Bertz CT molecular complexity index is 957. The Labute approximate surface area is 157 Å². The van der Waals surface area contributed by atoms with Crippen molar-refractivity contribution < 1.29 is 22.5 Å². The predicted molar refractivity (Wildman–Crippen MR) is 92.2 cm³/mol. The largest absolute Gasteiger partial charge is 0.416 e. The Morgan fingerprint density at radius 2 is 1.93 bits per heavy atom. The van der Waals surface area contributed by atoms with Crippen molar-refractivity contribution in [3.8, 4) is 11.4 Å². The fourth-order valence-electron chi connectivity index (χ4n) is 2.32. The van der Waals surface area contributed by atoms with E-state index in [0.717, 1.165) is 12.1 Å². The van der Waals surface area contributed by atoms with Gasteiger partial charge >= 0.3 is 6.18 Å². The first-order valence-electron chi connectivity index (χ1n) is 7.87. The summed E-state index contributed by atoms with van der Waals surface area (Å²) in [6.07, 6.45) is -4.27. The number of aromatic nitrogens is 2. The van der Waals surface area contributed by atoms with E-state index in [1.54, 1.807) is 24.3 Å². The molecule has 0 saturated heterocycles. The minimum absolute atomic E-state index is 0.0741. The van der Waals surface area contributed by atoms with E-state index in [2.05, 4.69) is 15.5 Å². The van der Waals surface area contributed by atoms with Crippen LogP contribution in [0.5, 0.6) is 0 Å². The molecule has 1 N–H and O–H groups in total. The van der Waals surface area contributed by atoms with Gasteiger partial charge in [0.05, 0.1) is 5.56 Å². The molecule has 0 radical (unpaired) electrons. The summed E-state index contributed by atoms with van der Waals surface area (Å²) in [6.45, 7) is 0.131. The van der Waals surface area contributed by atoms with E-state index in [0.29, 0.717) is 16.4 Å². The highest BCUT2D eigenvalue weighted by molar-refractivity contribution is 6.30. The van der Waals surface area contributed by atoms with Crippen LogP contribution in [0.25, 0.3) is 11.4 Å². The lowest BCUT2D eigenvalue weighted by Gasteiger charge is -2.08. The topological polar surface area (TPSA) is 68.0 Å². The van der Waals surface area contributed by atoms with Crippen molar-refractivity contribution in [3.05, 3.63) is 70.6 Å². The van der Waals surface area contributed by atoms with Crippen LogP contribution >= 0.6 is 11.6 Å². The number of nitrogens with one attached hydrogen (secondary N) is 1. The highest BCUT2D eigenvalue weighted by Gasteiger charge is 2.30. The summed E-state index contributed by atoms with van der Waals surface area (Å²) >= 11 is 5.91. The molecule has 0 aliphatic heterocycles. The molecule has 9 heteroatoms. The van der Waals surface area contributed by atoms with Crippen molar-refractivity contribution in [1.82, 2.24) is 15.5 Å². The Hall–Kier alpha value is -2.87. The van der Waals surface area contributed by atoms with Crippen LogP contribution in [-0.2, 0) is 12.6 Å². The van der Waals surface area contributed by atoms with Gasteiger partial charge < -0.3 is 9.84 Å². The van der Waals surface area contributed by atoms with Gasteiger partial charge in [-0.25, -0.2) is 0 Å². The molecule has 0 spiro atoms. The van der Waals surface area contributed by atoms with Crippen LogP contribution in [0, 0.1) is 0 Å². The van der Waals surface area contributed by atoms with Gasteiger partial charge in [0.25, 0.3) is 5.91 Å². The third-order valence-corrected chi connectivity index (χ3v) is 3.86. The van der Waals surface area contributed by atoms with Crippen molar-refractivity contribution in [2.45, 2.75) is 12.6 Å². The Morgan fingerprint density at radius 3 is 2.67 bits per heavy atom. The molecule has 1 aromatic heterocycles. The van der Waals surface area contributed by atoms with E-state index < -0.39 is 17.6 Å². The van der Waals surface area contributed by atoms with Gasteiger partial charge in [0.2, 0.25) is 11.7 Å². The number of alkyl halides is 3. The standard InChI is InChI=1S/C18H13ClF3N3O2/c19-14-6-2-3-11(10-14)16-24-15(27-25-16)7-8-23-17(26)12-4-1-5-13(9-12)18(20,21)22/h1-6,9-10H,7-8H2,(H,23,26). The minimum atomic E-state index is -4.50. The van der Waals surface area contributed by atoms with Gasteiger partial charge in [-0.3, -0.25) is 4.79 Å². The molecule has 0 unspecified atom stereocenters. The maximum Gasteiger partial charge on any atom is 0.416 e. The smallest absolute Gasteiger partial charge is 0.352 e. The van der Waals surface area contributed by atoms with Crippen LogP contribution in [0.3, 0.4) is 0 Å². The van der Waals surface area contributed by atoms with Gasteiger partial charge in [0.15, 0.2) is 0 Å². The van der Waals surface area contributed by atoms with E-state index in [1.807, 2.05) is 0 Å². The molecule has 2 aromatic carbocycles. The maximum atomic E-state index is 12.7. The van der Waals surface area contributed by atoms with E-state index >= 15 is 0 Å². The molecule has 140 valence electrons. The number of hydrogen-bond donors (Lipinski definition) is 1. The molecule has 1 amide bonds. The summed E-state index contributed by atoms with van der Waals surface area (Å²) in [5.74, 6) is 0.0294. The van der Waals surface area contributed by atoms with Gasteiger partial charge in [-0.1, -0.05) is 35.0 Å². The zero-order valence-corrected chi connectivity index (χ0v) is 14.5. The van der Waals surface area contributed by atoms with Gasteiger partial charge in [-0.05, 0) is 30.3 Å². The Kier molecular flexibility index (Phi) is 5.46. The number of carbonyl (C=O) groups is 1. The molecular weight excluding hydrogens is 383 g/mol. The average Bonchev–Trinajstić information content (AvgIpc) is 3.10. The van der Waals surface area contributed by atoms with Crippen LogP contribution in [-0.4, -0.2) is 22.6 Å². The third-order valence-electron chi connectivity index (χ3n) is 3.63. The summed E-state index contributed by atoms with van der Waals surface area (Å²) in [5, 5.41) is 6.90. The Morgan fingerprint density at radius 1 is 1.15 bits per heavy atom. The van der Waals surface area contributed by atoms with Crippen molar-refractivity contribution in [2.75, 3.05) is 6.54 Å². The van der Waals surface area contributed by atoms with Gasteiger partial charge in [0.1, 0.15) is 0 Å². The molecule has 0 aliphatic carbocycles. The van der Waals surface area contributed by atoms with E-state index in [1.165, 1.54) is 12.1 Å². The molecule has 5 nitrogen and oxygen atoms in total. The second-order valence-corrected chi connectivity index (χ2v) is 6.04. The highest BCUT2D eigenvalue weighted by Crippen LogP contribution is 2.29. The maximum absolute atomic E-state index is 12.7. The quantitative estimate of drug-likeness (QED) is 0.696. The van der Waals surface area contributed by atoms with E-state index in [9.17, 15) is 18.0 Å². The lowest BCUT2D eigenvalue weighted by molar-refractivity contribution is -0.137. The average molecular weight is 396 g/mol. The van der Waals surface area contributed by atoms with Crippen molar-refractivity contribution in [2.24, 2.45) is 0 Å². The molecule has 27 heavy (non-hydrogen) atoms. The monoisotopic (exact) mass is 395 g/mol. The van der Waals surface area contributed by atoms with Crippen LogP contribution in [0.2, 0.25) is 5.02 Å². The summed E-state index contributed by atoms with van der Waals surface area (Å²) in [4.78, 5) is 16.2. The number of rotatable bonds is 5. The lowest BCUT2D eigenvalue weighted by atomic mass is 10.1. The SMILES string of the molecule is O=C(NCCc1nc(-c2cccc(Cl)c2)no1)c1cccc(C(F)(F)F)c1. The molecule has 0 aliphatic rings. The third kappa shape index (κ3) is 4.85. The number of halogens is 4. The summed E-state index contributed by atoms with van der Waals surface area (Å²) in [6, 6.07) is 11.1. The van der Waals surface area contributed by atoms with Gasteiger partial charge in [-0.15, -0.1) is 0 Å². The molecule has 1 heterocycles. The lowest BCUT2D eigenvalue weighted by Crippen LogP contribution is -2.26. The zero-order chi connectivity index (χ0) is 19.4. The van der Waals surface area contributed by atoms with E-state index in [-0.39, 0.29) is 24.4 Å². The van der Waals surface area contributed by atoms with Crippen LogP contribution < -0.4 is 5.32 Å². The first-order valence-corrected chi connectivity index (χ1v) is 8.25. The molecule has 0 bridgehead atoms. The number of benzene rings is 2. The van der Waals surface area contributed by atoms with E-state index in [4.69, 9.17) is 16.1 Å². The summed E-state index contributed by atoms with van der Waals surface area (Å²) in [7, 11) is 0. The molecule has 3 aromatic rings. The number of nitrogens with zero attached hydrogens (tertiary/aromatic N) is 2. The van der Waals surface area contributed by atoms with Crippen LogP contribution in [0.1, 0.15) is 21.8 Å². The summed E-state index contributed by atoms with van der Waals surface area (Å²) < 4.78 is 43.2. The van der Waals surface area contributed by atoms with Crippen molar-refractivity contribution >= 4 is 17.5 Å². The van der Waals surface area contributed by atoms with Crippen molar-refractivity contribution in [3.63, 3.8) is 0 Å². The predicted octanol–water partition coefficient (Wildman–Crippen LogP) is 4.38. The van der Waals surface area contributed by atoms with Crippen LogP contribution in [0.15, 0.2) is 53.1 Å². The summed E-state index contributed by atoms with van der Waals surface area (Å²) in [5.41, 5.74) is -0.265. The number of hydrogen-bond acceptors (Lipinski definition) is 4. The van der Waals surface area contributed by atoms with Crippen molar-refractivity contribution in [1.29, 1.82) is 0 Å². The number of carbonyl (C=O) groups excluding carboxylic acids is 1. The second-order valence-electron chi connectivity index (χ2n) is 5.61. The Balaban J connectivity index is 1.58. The highest BCUT2D eigenvalue weighted by atomic mass is 35.5. The first-order chi connectivity index (χ1) is 12.8. The fraction of sp³-hybridized carbons (Fsp3) is 0.167. The first kappa shape index (κ1) is 18.9. The fourth-order valence-corrected chi connectivity index (χ4v) is 2.51. The molecular formula is C18H13ClF3N3O2. The minimum Gasteiger partial charge on any atom is -0.352 e. The normalized spacial score (nSPS) is 11.4.